The molecule has 0 spiro atoms. The lowest BCUT2D eigenvalue weighted by molar-refractivity contribution is 0.111. The number of thiazole rings is 1. The number of aromatic nitrogens is 2. The summed E-state index contributed by atoms with van der Waals surface area (Å²) in [5, 5.41) is 0.823. The molecule has 0 aliphatic carbocycles. The highest BCUT2D eigenvalue weighted by Crippen LogP contribution is 2.27. The molecule has 2 aromatic heterocycles. The Hall–Kier alpha value is -1.55. The van der Waals surface area contributed by atoms with Gasteiger partial charge in [0.05, 0.1) is 5.69 Å². The Bertz CT molecular complexity index is 505. The quantitative estimate of drug-likeness (QED) is 0.778. The molecule has 3 nitrogen and oxygen atoms in total. The minimum atomic E-state index is 0.519. The number of nitrogens with zero attached hydrogens (tertiary/aromatic N) is 2. The smallest absolute Gasteiger partial charge is 0.169 e. The third-order valence-corrected chi connectivity index (χ3v) is 3.43. The van der Waals surface area contributed by atoms with Crippen molar-refractivity contribution >= 4 is 17.6 Å². The van der Waals surface area contributed by atoms with E-state index in [1.807, 2.05) is 18.2 Å². The Labute approximate surface area is 105 Å². The summed E-state index contributed by atoms with van der Waals surface area (Å²) in [5.74, 6) is 0.519. The highest BCUT2D eigenvalue weighted by atomic mass is 32.1. The fourth-order valence-electron chi connectivity index (χ4n) is 1.57. The average molecular weight is 246 g/mol. The van der Waals surface area contributed by atoms with Crippen LogP contribution in [-0.2, 0) is 6.42 Å². The van der Waals surface area contributed by atoms with Crippen LogP contribution in [0.2, 0.25) is 0 Å². The van der Waals surface area contributed by atoms with Crippen molar-refractivity contribution < 1.29 is 4.79 Å². The van der Waals surface area contributed by atoms with Crippen LogP contribution in [0, 0.1) is 5.92 Å². The van der Waals surface area contributed by atoms with Gasteiger partial charge in [-0.3, -0.25) is 9.78 Å². The van der Waals surface area contributed by atoms with E-state index in [-0.39, 0.29) is 0 Å². The van der Waals surface area contributed by atoms with E-state index in [9.17, 15) is 4.79 Å². The summed E-state index contributed by atoms with van der Waals surface area (Å²) in [6.07, 6.45) is 3.46. The van der Waals surface area contributed by atoms with Crippen molar-refractivity contribution in [2.45, 2.75) is 20.3 Å². The molecule has 0 aromatic carbocycles. The third kappa shape index (κ3) is 2.77. The number of carbonyl (C=O) groups excluding carboxylic acids is 1. The molecule has 0 N–H and O–H groups in total. The van der Waals surface area contributed by atoms with Gasteiger partial charge in [-0.05, 0) is 24.5 Å². The molecular weight excluding hydrogens is 232 g/mol. The van der Waals surface area contributed by atoms with E-state index < -0.39 is 0 Å². The number of rotatable bonds is 4. The van der Waals surface area contributed by atoms with Gasteiger partial charge in [0.1, 0.15) is 10.7 Å². The molecule has 0 aliphatic rings. The van der Waals surface area contributed by atoms with Gasteiger partial charge in [0.25, 0.3) is 0 Å². The maximum Gasteiger partial charge on any atom is 0.169 e. The Morgan fingerprint density at radius 1 is 1.41 bits per heavy atom. The molecule has 0 radical (unpaired) electrons. The molecule has 4 heteroatoms. The summed E-state index contributed by atoms with van der Waals surface area (Å²) in [6.45, 7) is 4.27. The third-order valence-electron chi connectivity index (χ3n) is 2.32. The van der Waals surface area contributed by atoms with Gasteiger partial charge in [-0.15, -0.1) is 11.3 Å². The highest BCUT2D eigenvalue weighted by molar-refractivity contribution is 7.15. The summed E-state index contributed by atoms with van der Waals surface area (Å²) in [7, 11) is 0. The lowest BCUT2D eigenvalue weighted by atomic mass is 10.1. The lowest BCUT2D eigenvalue weighted by Crippen LogP contribution is -1.95. The maximum absolute atomic E-state index is 11.0. The topological polar surface area (TPSA) is 42.9 Å². The van der Waals surface area contributed by atoms with Gasteiger partial charge in [0.2, 0.25) is 0 Å². The minimum Gasteiger partial charge on any atom is -0.296 e. The summed E-state index contributed by atoms with van der Waals surface area (Å²) in [6, 6.07) is 5.70. The van der Waals surface area contributed by atoms with Crippen molar-refractivity contribution in [3.63, 3.8) is 0 Å². The molecule has 2 rings (SSSR count). The first-order valence-corrected chi connectivity index (χ1v) is 6.38. The SMILES string of the molecule is CC(C)Cc1sc(-c2ccccn2)nc1C=O. The molecule has 0 unspecified atom stereocenters. The van der Waals surface area contributed by atoms with E-state index in [0.29, 0.717) is 11.6 Å². The van der Waals surface area contributed by atoms with Gasteiger partial charge in [-0.25, -0.2) is 4.98 Å². The van der Waals surface area contributed by atoms with Crippen LogP contribution in [0.3, 0.4) is 0 Å². The van der Waals surface area contributed by atoms with Crippen LogP contribution < -0.4 is 0 Å². The maximum atomic E-state index is 11.0. The summed E-state index contributed by atoms with van der Waals surface area (Å²) >= 11 is 1.56. The zero-order chi connectivity index (χ0) is 12.3. The Morgan fingerprint density at radius 3 is 2.82 bits per heavy atom. The van der Waals surface area contributed by atoms with E-state index in [1.165, 1.54) is 0 Å². The first-order chi connectivity index (χ1) is 8.20. The molecule has 2 aromatic rings. The largest absolute Gasteiger partial charge is 0.296 e. The Balaban J connectivity index is 2.37. The number of hydrogen-bond donors (Lipinski definition) is 0. The molecular formula is C13H14N2OS. The monoisotopic (exact) mass is 246 g/mol. The number of pyridine rings is 1. The van der Waals surface area contributed by atoms with Crippen LogP contribution >= 0.6 is 11.3 Å². The van der Waals surface area contributed by atoms with Crippen LogP contribution in [-0.4, -0.2) is 16.3 Å². The lowest BCUT2D eigenvalue weighted by Gasteiger charge is -2.00. The molecule has 0 saturated carbocycles. The van der Waals surface area contributed by atoms with Crippen LogP contribution in [0.5, 0.6) is 0 Å². The van der Waals surface area contributed by atoms with Crippen LogP contribution in [0.4, 0.5) is 0 Å². The second-order valence-electron chi connectivity index (χ2n) is 4.26. The van der Waals surface area contributed by atoms with Gasteiger partial charge in [-0.2, -0.15) is 0 Å². The summed E-state index contributed by atoms with van der Waals surface area (Å²) in [4.78, 5) is 20.6. The first kappa shape index (κ1) is 11.9. The zero-order valence-electron chi connectivity index (χ0n) is 9.88. The predicted molar refractivity (Wildman–Crippen MR) is 69.3 cm³/mol. The van der Waals surface area contributed by atoms with Gasteiger partial charge in [0, 0.05) is 11.1 Å². The first-order valence-electron chi connectivity index (χ1n) is 5.57. The number of aldehydes is 1. The van der Waals surface area contributed by atoms with E-state index >= 15 is 0 Å². The van der Waals surface area contributed by atoms with Gasteiger partial charge < -0.3 is 0 Å². The fraction of sp³-hybridized carbons (Fsp3) is 0.308. The number of carbonyl (C=O) groups is 1. The molecule has 0 atom stereocenters. The van der Waals surface area contributed by atoms with Crippen molar-refractivity contribution in [1.82, 2.24) is 9.97 Å². The minimum absolute atomic E-state index is 0.519. The van der Waals surface area contributed by atoms with Gasteiger partial charge >= 0.3 is 0 Å². The van der Waals surface area contributed by atoms with Crippen molar-refractivity contribution in [1.29, 1.82) is 0 Å². The molecule has 0 aliphatic heterocycles. The molecule has 88 valence electrons. The number of hydrogen-bond acceptors (Lipinski definition) is 4. The van der Waals surface area contributed by atoms with Crippen molar-refractivity contribution in [2.75, 3.05) is 0 Å². The summed E-state index contributed by atoms with van der Waals surface area (Å²) in [5.41, 5.74) is 1.39. The van der Waals surface area contributed by atoms with Gasteiger partial charge in [0.15, 0.2) is 6.29 Å². The van der Waals surface area contributed by atoms with Crippen LogP contribution in [0.15, 0.2) is 24.4 Å². The van der Waals surface area contributed by atoms with Crippen LogP contribution in [0.1, 0.15) is 29.2 Å². The van der Waals surface area contributed by atoms with E-state index in [2.05, 4.69) is 23.8 Å². The van der Waals surface area contributed by atoms with Crippen LogP contribution in [0.25, 0.3) is 10.7 Å². The van der Waals surface area contributed by atoms with E-state index in [4.69, 9.17) is 0 Å². The fourth-order valence-corrected chi connectivity index (χ4v) is 2.79. The molecule has 0 bridgehead atoms. The van der Waals surface area contributed by atoms with E-state index in [0.717, 1.165) is 28.3 Å². The molecule has 0 fully saturated rings. The molecule has 0 amide bonds. The second kappa shape index (κ2) is 5.19. The molecule has 0 saturated heterocycles. The van der Waals surface area contributed by atoms with Crippen molar-refractivity contribution in [2.24, 2.45) is 5.92 Å². The van der Waals surface area contributed by atoms with E-state index in [1.54, 1.807) is 17.5 Å². The highest BCUT2D eigenvalue weighted by Gasteiger charge is 2.13. The van der Waals surface area contributed by atoms with Crippen molar-refractivity contribution in [3.8, 4) is 10.7 Å². The molecule has 17 heavy (non-hydrogen) atoms. The zero-order valence-corrected chi connectivity index (χ0v) is 10.7. The average Bonchev–Trinajstić information content (AvgIpc) is 2.72. The van der Waals surface area contributed by atoms with Crippen molar-refractivity contribution in [3.05, 3.63) is 35.0 Å². The van der Waals surface area contributed by atoms with Gasteiger partial charge in [-0.1, -0.05) is 19.9 Å². The summed E-state index contributed by atoms with van der Waals surface area (Å²) < 4.78 is 0. The predicted octanol–water partition coefficient (Wildman–Crippen LogP) is 3.22. The Morgan fingerprint density at radius 2 is 2.24 bits per heavy atom. The normalized spacial score (nSPS) is 10.8. The second-order valence-corrected chi connectivity index (χ2v) is 5.34. The molecule has 2 heterocycles. The Kier molecular flexibility index (Phi) is 3.64. The standard InChI is InChI=1S/C13H14N2OS/c1-9(2)7-12-11(8-16)15-13(17-12)10-5-3-4-6-14-10/h3-6,8-9H,7H2,1-2H3.